The molecule has 0 heterocycles. The Labute approximate surface area is 167 Å². The van der Waals surface area contributed by atoms with Crippen molar-refractivity contribution in [2.45, 2.75) is 19.8 Å². The zero-order chi connectivity index (χ0) is 19.6. The van der Waals surface area contributed by atoms with Gasteiger partial charge in [0.05, 0.1) is 13.7 Å². The van der Waals surface area contributed by atoms with E-state index in [4.69, 9.17) is 9.47 Å². The number of benzene rings is 2. The number of carbonyl (C=O) groups excluding carboxylic acids is 1. The molecule has 0 atom stereocenters. The highest BCUT2D eigenvalue weighted by Crippen LogP contribution is 2.29. The fourth-order valence-electron chi connectivity index (χ4n) is 2.27. The summed E-state index contributed by atoms with van der Waals surface area (Å²) in [4.78, 5) is 12.4. The summed E-state index contributed by atoms with van der Waals surface area (Å²) in [6.07, 6.45) is 3.52. The van der Waals surface area contributed by atoms with Crippen molar-refractivity contribution in [1.29, 1.82) is 5.26 Å². The molecule has 2 aromatic rings. The van der Waals surface area contributed by atoms with Crippen LogP contribution in [0.5, 0.6) is 11.5 Å². The second-order valence-electron chi connectivity index (χ2n) is 5.74. The molecule has 0 aliphatic rings. The van der Waals surface area contributed by atoms with E-state index in [2.05, 4.69) is 28.2 Å². The molecule has 1 amide bonds. The van der Waals surface area contributed by atoms with Crippen LogP contribution in [0, 0.1) is 11.3 Å². The number of amides is 1. The topological polar surface area (TPSA) is 71.3 Å². The highest BCUT2D eigenvalue weighted by atomic mass is 79.9. The van der Waals surface area contributed by atoms with Crippen LogP contribution in [-0.2, 0) is 4.79 Å². The summed E-state index contributed by atoms with van der Waals surface area (Å²) < 4.78 is 12.0. The zero-order valence-corrected chi connectivity index (χ0v) is 16.9. The Hall–Kier alpha value is -2.78. The van der Waals surface area contributed by atoms with Crippen LogP contribution in [0.15, 0.2) is 52.5 Å². The summed E-state index contributed by atoms with van der Waals surface area (Å²) in [5.74, 6) is 0.730. The highest BCUT2D eigenvalue weighted by molar-refractivity contribution is 9.10. The average molecular weight is 429 g/mol. The van der Waals surface area contributed by atoms with Gasteiger partial charge < -0.3 is 14.8 Å². The quantitative estimate of drug-likeness (QED) is 0.357. The molecule has 2 aromatic carbocycles. The minimum atomic E-state index is -0.470. The first-order chi connectivity index (χ1) is 13.1. The molecule has 27 heavy (non-hydrogen) atoms. The lowest BCUT2D eigenvalue weighted by molar-refractivity contribution is -0.112. The van der Waals surface area contributed by atoms with E-state index in [9.17, 15) is 10.1 Å². The third-order valence-corrected chi connectivity index (χ3v) is 4.25. The number of unbranched alkanes of at least 4 members (excludes halogenated alkanes) is 1. The monoisotopic (exact) mass is 428 g/mol. The Morgan fingerprint density at radius 2 is 1.96 bits per heavy atom. The lowest BCUT2D eigenvalue weighted by atomic mass is 10.1. The minimum absolute atomic E-state index is 0.000349. The number of nitrogens with one attached hydrogen (secondary N) is 1. The summed E-state index contributed by atoms with van der Waals surface area (Å²) >= 11 is 3.34. The molecule has 0 spiro atoms. The Morgan fingerprint density at radius 1 is 1.22 bits per heavy atom. The fraction of sp³-hybridized carbons (Fsp3) is 0.238. The fourth-order valence-corrected chi connectivity index (χ4v) is 2.53. The van der Waals surface area contributed by atoms with Crippen molar-refractivity contribution in [3.63, 3.8) is 0 Å². The molecule has 0 saturated carbocycles. The molecule has 0 aromatic heterocycles. The molecule has 0 fully saturated rings. The van der Waals surface area contributed by atoms with Crippen LogP contribution in [0.3, 0.4) is 0 Å². The zero-order valence-electron chi connectivity index (χ0n) is 15.3. The van der Waals surface area contributed by atoms with Crippen molar-refractivity contribution >= 4 is 33.6 Å². The highest BCUT2D eigenvalue weighted by Gasteiger charge is 2.11. The number of rotatable bonds is 8. The van der Waals surface area contributed by atoms with Gasteiger partial charge in [-0.3, -0.25) is 4.79 Å². The van der Waals surface area contributed by atoms with Gasteiger partial charge in [0.25, 0.3) is 5.91 Å². The second-order valence-corrected chi connectivity index (χ2v) is 6.66. The third kappa shape index (κ3) is 6.15. The number of hydrogen-bond acceptors (Lipinski definition) is 4. The Balaban J connectivity index is 2.17. The van der Waals surface area contributed by atoms with Crippen molar-refractivity contribution in [2.24, 2.45) is 0 Å². The Morgan fingerprint density at radius 3 is 2.59 bits per heavy atom. The van der Waals surface area contributed by atoms with Crippen LogP contribution in [0.2, 0.25) is 0 Å². The SMILES string of the molecule is CCCCOc1ccc(C=C(C#N)C(=O)Nc2ccc(Br)cc2)cc1OC. The predicted molar refractivity (Wildman–Crippen MR) is 110 cm³/mol. The Kier molecular flexibility index (Phi) is 7.90. The van der Waals surface area contributed by atoms with Crippen LogP contribution in [0.4, 0.5) is 5.69 Å². The van der Waals surface area contributed by atoms with E-state index in [-0.39, 0.29) is 5.57 Å². The van der Waals surface area contributed by atoms with Gasteiger partial charge in [-0.15, -0.1) is 0 Å². The average Bonchev–Trinajstić information content (AvgIpc) is 2.68. The van der Waals surface area contributed by atoms with Crippen LogP contribution in [0.1, 0.15) is 25.3 Å². The van der Waals surface area contributed by atoms with Crippen molar-refractivity contribution in [3.8, 4) is 17.6 Å². The molecular formula is C21H21BrN2O3. The number of nitriles is 1. The van der Waals surface area contributed by atoms with Crippen LogP contribution in [-0.4, -0.2) is 19.6 Å². The maximum absolute atomic E-state index is 12.4. The number of carbonyl (C=O) groups is 1. The van der Waals surface area contributed by atoms with E-state index in [1.807, 2.05) is 18.2 Å². The molecule has 1 N–H and O–H groups in total. The molecule has 0 saturated heterocycles. The van der Waals surface area contributed by atoms with Crippen molar-refractivity contribution in [1.82, 2.24) is 0 Å². The van der Waals surface area contributed by atoms with Gasteiger partial charge in [-0.1, -0.05) is 35.3 Å². The van der Waals surface area contributed by atoms with Gasteiger partial charge in [0.2, 0.25) is 0 Å². The van der Waals surface area contributed by atoms with Gasteiger partial charge in [0.1, 0.15) is 11.6 Å². The standard InChI is InChI=1S/C21H21BrN2O3/c1-3-4-11-27-19-10-5-15(13-20(19)26-2)12-16(14-23)21(25)24-18-8-6-17(22)7-9-18/h5-10,12-13H,3-4,11H2,1-2H3,(H,24,25). The normalized spacial score (nSPS) is 10.8. The van der Waals surface area contributed by atoms with Gasteiger partial charge in [0, 0.05) is 10.2 Å². The number of methoxy groups -OCH3 is 1. The first kappa shape index (κ1) is 20.5. The molecule has 0 unspecified atom stereocenters. The van der Waals surface area contributed by atoms with E-state index in [0.29, 0.717) is 29.4 Å². The largest absolute Gasteiger partial charge is 0.493 e. The summed E-state index contributed by atoms with van der Waals surface area (Å²) in [6, 6.07) is 14.4. The first-order valence-electron chi connectivity index (χ1n) is 8.57. The lowest BCUT2D eigenvalue weighted by Crippen LogP contribution is -2.13. The number of ether oxygens (including phenoxy) is 2. The maximum atomic E-state index is 12.4. The molecule has 6 heteroatoms. The van der Waals surface area contributed by atoms with E-state index >= 15 is 0 Å². The van der Waals surface area contributed by atoms with Crippen molar-refractivity contribution in [2.75, 3.05) is 19.0 Å². The molecule has 140 valence electrons. The van der Waals surface area contributed by atoms with E-state index in [0.717, 1.165) is 17.3 Å². The molecule has 0 aliphatic carbocycles. The van der Waals surface area contributed by atoms with Crippen LogP contribution < -0.4 is 14.8 Å². The summed E-state index contributed by atoms with van der Waals surface area (Å²) in [6.45, 7) is 2.71. The van der Waals surface area contributed by atoms with Gasteiger partial charge in [-0.2, -0.15) is 5.26 Å². The lowest BCUT2D eigenvalue weighted by Gasteiger charge is -2.11. The van der Waals surface area contributed by atoms with Gasteiger partial charge >= 0.3 is 0 Å². The van der Waals surface area contributed by atoms with Crippen LogP contribution in [0.25, 0.3) is 6.08 Å². The maximum Gasteiger partial charge on any atom is 0.266 e. The Bertz CT molecular complexity index is 855. The van der Waals surface area contributed by atoms with Crippen LogP contribution >= 0.6 is 15.9 Å². The number of halogens is 1. The smallest absolute Gasteiger partial charge is 0.266 e. The molecular weight excluding hydrogens is 408 g/mol. The first-order valence-corrected chi connectivity index (χ1v) is 9.36. The minimum Gasteiger partial charge on any atom is -0.493 e. The summed E-state index contributed by atoms with van der Waals surface area (Å²) in [5.41, 5.74) is 1.29. The number of anilines is 1. The van der Waals surface area contributed by atoms with E-state index in [1.165, 1.54) is 6.08 Å². The molecule has 5 nitrogen and oxygen atoms in total. The van der Waals surface area contributed by atoms with Gasteiger partial charge in [0.15, 0.2) is 11.5 Å². The van der Waals surface area contributed by atoms with E-state index in [1.54, 1.807) is 37.4 Å². The second kappa shape index (κ2) is 10.4. The predicted octanol–water partition coefficient (Wildman–Crippen LogP) is 5.18. The van der Waals surface area contributed by atoms with Gasteiger partial charge in [-0.05, 0) is 54.5 Å². The molecule has 0 aliphatic heterocycles. The molecule has 0 radical (unpaired) electrons. The molecule has 0 bridgehead atoms. The van der Waals surface area contributed by atoms with Crippen molar-refractivity contribution in [3.05, 3.63) is 58.1 Å². The number of hydrogen-bond donors (Lipinski definition) is 1. The summed E-state index contributed by atoms with van der Waals surface area (Å²) in [5, 5.41) is 12.1. The van der Waals surface area contributed by atoms with Gasteiger partial charge in [-0.25, -0.2) is 0 Å². The van der Waals surface area contributed by atoms with E-state index < -0.39 is 5.91 Å². The third-order valence-electron chi connectivity index (χ3n) is 3.72. The number of nitrogens with zero attached hydrogens (tertiary/aromatic N) is 1. The van der Waals surface area contributed by atoms with Crippen molar-refractivity contribution < 1.29 is 14.3 Å². The summed E-state index contributed by atoms with van der Waals surface area (Å²) in [7, 11) is 1.56. The molecule has 2 rings (SSSR count).